The minimum absolute atomic E-state index is 0.0299. The van der Waals surface area contributed by atoms with Crippen molar-refractivity contribution in [3.05, 3.63) is 22.6 Å². The summed E-state index contributed by atoms with van der Waals surface area (Å²) in [7, 11) is 0. The van der Waals surface area contributed by atoms with E-state index in [1.165, 1.54) is 4.68 Å². The lowest BCUT2D eigenvalue weighted by Crippen LogP contribution is -2.37. The van der Waals surface area contributed by atoms with Crippen LogP contribution in [0, 0.1) is 0 Å². The van der Waals surface area contributed by atoms with E-state index in [0.29, 0.717) is 25.8 Å². The van der Waals surface area contributed by atoms with Crippen molar-refractivity contribution >= 4 is 5.69 Å². The van der Waals surface area contributed by atoms with Gasteiger partial charge in [-0.25, -0.2) is 4.68 Å². The number of hydrogen-bond acceptors (Lipinski definition) is 5. The zero-order valence-electron chi connectivity index (χ0n) is 12.3. The van der Waals surface area contributed by atoms with Crippen molar-refractivity contribution in [1.82, 2.24) is 15.1 Å². The first-order valence-corrected chi connectivity index (χ1v) is 7.34. The van der Waals surface area contributed by atoms with Gasteiger partial charge in [-0.1, -0.05) is 6.92 Å². The molecular weight excluding hydrogens is 256 g/mol. The molecule has 1 N–H and O–H groups in total. The van der Waals surface area contributed by atoms with Gasteiger partial charge in [0, 0.05) is 31.7 Å². The summed E-state index contributed by atoms with van der Waals surface area (Å²) in [5.74, 6) is 0. The van der Waals surface area contributed by atoms with Gasteiger partial charge in [0.05, 0.1) is 25.1 Å². The van der Waals surface area contributed by atoms with Crippen LogP contribution in [0.1, 0.15) is 20.3 Å². The lowest BCUT2D eigenvalue weighted by atomic mass is 10.2. The molecule has 112 valence electrons. The van der Waals surface area contributed by atoms with Gasteiger partial charge < -0.3 is 15.0 Å². The number of aromatic nitrogens is 2. The fourth-order valence-corrected chi connectivity index (χ4v) is 2.35. The molecule has 0 aromatic carbocycles. The number of morpholine rings is 1. The molecule has 1 aromatic rings. The van der Waals surface area contributed by atoms with Gasteiger partial charge in [0.1, 0.15) is 0 Å². The number of rotatable bonds is 6. The van der Waals surface area contributed by atoms with Gasteiger partial charge >= 0.3 is 0 Å². The van der Waals surface area contributed by atoms with Gasteiger partial charge in [-0.3, -0.25) is 4.79 Å². The quantitative estimate of drug-likeness (QED) is 0.821. The van der Waals surface area contributed by atoms with Gasteiger partial charge in [0.25, 0.3) is 5.56 Å². The van der Waals surface area contributed by atoms with E-state index in [-0.39, 0.29) is 5.56 Å². The van der Waals surface area contributed by atoms with Crippen molar-refractivity contribution in [3.63, 3.8) is 0 Å². The molecule has 20 heavy (non-hydrogen) atoms. The van der Waals surface area contributed by atoms with Crippen LogP contribution in [0.4, 0.5) is 5.69 Å². The van der Waals surface area contributed by atoms with E-state index < -0.39 is 0 Å². The van der Waals surface area contributed by atoms with Crippen LogP contribution >= 0.6 is 0 Å². The first-order chi connectivity index (χ1) is 9.70. The second-order valence-corrected chi connectivity index (χ2v) is 5.12. The van der Waals surface area contributed by atoms with Crippen molar-refractivity contribution < 1.29 is 4.74 Å². The van der Waals surface area contributed by atoms with Crippen LogP contribution in [-0.4, -0.2) is 48.7 Å². The van der Waals surface area contributed by atoms with E-state index in [1.807, 2.05) is 0 Å². The molecule has 0 spiro atoms. The van der Waals surface area contributed by atoms with E-state index in [9.17, 15) is 4.79 Å². The Labute approximate surface area is 119 Å². The molecule has 1 unspecified atom stereocenters. The number of nitrogens with zero attached hydrogens (tertiary/aromatic N) is 3. The average molecular weight is 280 g/mol. The smallest absolute Gasteiger partial charge is 0.268 e. The second-order valence-electron chi connectivity index (χ2n) is 5.12. The summed E-state index contributed by atoms with van der Waals surface area (Å²) < 4.78 is 6.85. The van der Waals surface area contributed by atoms with E-state index in [2.05, 4.69) is 29.2 Å². The molecule has 0 bridgehead atoms. The molecular formula is C14H24N4O2. The highest BCUT2D eigenvalue weighted by molar-refractivity contribution is 5.43. The molecule has 1 saturated heterocycles. The van der Waals surface area contributed by atoms with Gasteiger partial charge in [0.2, 0.25) is 0 Å². The standard InChI is InChI=1S/C14H24N4O2/c1-3-15-12(2)4-5-18-14(19)10-13(11-16-18)17-6-8-20-9-7-17/h10-12,15H,3-9H2,1-2H3. The van der Waals surface area contributed by atoms with Crippen LogP contribution in [0.25, 0.3) is 0 Å². The summed E-state index contributed by atoms with van der Waals surface area (Å²) in [5, 5.41) is 7.61. The second kappa shape index (κ2) is 7.40. The number of anilines is 1. The molecule has 2 rings (SSSR count). The Morgan fingerprint density at radius 2 is 2.20 bits per heavy atom. The normalized spacial score (nSPS) is 17.2. The van der Waals surface area contributed by atoms with Crippen LogP contribution < -0.4 is 15.8 Å². The first-order valence-electron chi connectivity index (χ1n) is 7.34. The Morgan fingerprint density at radius 1 is 1.45 bits per heavy atom. The predicted octanol–water partition coefficient (Wildman–Crippen LogP) is 0.468. The summed E-state index contributed by atoms with van der Waals surface area (Å²) in [5.41, 5.74) is 0.868. The number of ether oxygens (including phenoxy) is 1. The Bertz CT molecular complexity index is 468. The van der Waals surface area contributed by atoms with Gasteiger partial charge in [-0.2, -0.15) is 5.10 Å². The van der Waals surface area contributed by atoms with Crippen molar-refractivity contribution in [2.45, 2.75) is 32.9 Å². The van der Waals surface area contributed by atoms with Crippen LogP contribution in [-0.2, 0) is 11.3 Å². The van der Waals surface area contributed by atoms with Gasteiger partial charge in [-0.05, 0) is 19.9 Å². The van der Waals surface area contributed by atoms with Crippen molar-refractivity contribution in [2.75, 3.05) is 37.7 Å². The van der Waals surface area contributed by atoms with E-state index in [4.69, 9.17) is 4.74 Å². The average Bonchev–Trinajstić information content (AvgIpc) is 2.47. The lowest BCUT2D eigenvalue weighted by molar-refractivity contribution is 0.122. The maximum Gasteiger partial charge on any atom is 0.268 e. The number of nitrogens with one attached hydrogen (secondary N) is 1. The molecule has 0 amide bonds. The van der Waals surface area contributed by atoms with Crippen LogP contribution in [0.2, 0.25) is 0 Å². The lowest BCUT2D eigenvalue weighted by Gasteiger charge is -2.28. The molecule has 1 aromatic heterocycles. The summed E-state index contributed by atoms with van der Waals surface area (Å²) in [6.07, 6.45) is 2.68. The molecule has 0 saturated carbocycles. The fourth-order valence-electron chi connectivity index (χ4n) is 2.35. The summed E-state index contributed by atoms with van der Waals surface area (Å²) in [4.78, 5) is 14.2. The molecule has 1 fully saturated rings. The third kappa shape index (κ3) is 4.05. The first kappa shape index (κ1) is 15.0. The predicted molar refractivity (Wildman–Crippen MR) is 79.3 cm³/mol. The SMILES string of the molecule is CCNC(C)CCn1ncc(N2CCOCC2)cc1=O. The van der Waals surface area contributed by atoms with Crippen molar-refractivity contribution in [3.8, 4) is 0 Å². The largest absolute Gasteiger partial charge is 0.378 e. The molecule has 1 aliphatic heterocycles. The highest BCUT2D eigenvalue weighted by Crippen LogP contribution is 2.11. The van der Waals surface area contributed by atoms with Crippen LogP contribution in [0.5, 0.6) is 0 Å². The maximum absolute atomic E-state index is 12.1. The van der Waals surface area contributed by atoms with E-state index in [0.717, 1.165) is 31.7 Å². The Morgan fingerprint density at radius 3 is 2.85 bits per heavy atom. The third-order valence-electron chi connectivity index (χ3n) is 3.56. The van der Waals surface area contributed by atoms with Gasteiger partial charge in [0.15, 0.2) is 0 Å². The highest BCUT2D eigenvalue weighted by Gasteiger charge is 2.12. The molecule has 6 heteroatoms. The number of aryl methyl sites for hydroxylation is 1. The molecule has 0 radical (unpaired) electrons. The fraction of sp³-hybridized carbons (Fsp3) is 0.714. The summed E-state index contributed by atoms with van der Waals surface area (Å²) >= 11 is 0. The monoisotopic (exact) mass is 280 g/mol. The van der Waals surface area contributed by atoms with E-state index >= 15 is 0 Å². The Kier molecular flexibility index (Phi) is 5.55. The molecule has 1 aliphatic rings. The van der Waals surface area contributed by atoms with E-state index in [1.54, 1.807) is 12.3 Å². The zero-order valence-corrected chi connectivity index (χ0v) is 12.3. The van der Waals surface area contributed by atoms with Crippen molar-refractivity contribution in [2.24, 2.45) is 0 Å². The highest BCUT2D eigenvalue weighted by atomic mass is 16.5. The maximum atomic E-state index is 12.1. The molecule has 0 aliphatic carbocycles. The van der Waals surface area contributed by atoms with Crippen LogP contribution in [0.15, 0.2) is 17.1 Å². The minimum atomic E-state index is -0.0299. The van der Waals surface area contributed by atoms with Gasteiger partial charge in [-0.15, -0.1) is 0 Å². The molecule has 2 heterocycles. The number of hydrogen-bond donors (Lipinski definition) is 1. The zero-order chi connectivity index (χ0) is 14.4. The molecule has 1 atom stereocenters. The topological polar surface area (TPSA) is 59.4 Å². The minimum Gasteiger partial charge on any atom is -0.378 e. The summed E-state index contributed by atoms with van der Waals surface area (Å²) in [6.45, 7) is 8.86. The summed E-state index contributed by atoms with van der Waals surface area (Å²) in [6, 6.07) is 2.07. The third-order valence-corrected chi connectivity index (χ3v) is 3.56. The molecule has 6 nitrogen and oxygen atoms in total. The Balaban J connectivity index is 1.96. The van der Waals surface area contributed by atoms with Crippen LogP contribution in [0.3, 0.4) is 0 Å². The van der Waals surface area contributed by atoms with Crippen molar-refractivity contribution in [1.29, 1.82) is 0 Å². The Hall–Kier alpha value is -1.40.